The van der Waals surface area contributed by atoms with E-state index in [2.05, 4.69) is 5.32 Å². The van der Waals surface area contributed by atoms with Gasteiger partial charge in [-0.15, -0.1) is 0 Å². The second-order valence-corrected chi connectivity index (χ2v) is 12.1. The smallest absolute Gasteiger partial charge is 0.352 e. The lowest BCUT2D eigenvalue weighted by atomic mass is 10.1. The van der Waals surface area contributed by atoms with E-state index in [1.165, 1.54) is 30.0 Å². The number of amides is 2. The zero-order valence-electron chi connectivity index (χ0n) is 23.6. The number of hydrogen-bond acceptors (Lipinski definition) is 4. The average Bonchev–Trinajstić information content (AvgIpc) is 2.90. The van der Waals surface area contributed by atoms with Gasteiger partial charge in [-0.05, 0) is 70.5 Å². The van der Waals surface area contributed by atoms with Gasteiger partial charge in [-0.25, -0.2) is 8.42 Å². The number of hydrogen-bond donors (Lipinski definition) is 1. The van der Waals surface area contributed by atoms with Crippen LogP contribution in [0.25, 0.3) is 0 Å². The van der Waals surface area contributed by atoms with Crippen LogP contribution in [0.2, 0.25) is 0 Å². The highest BCUT2D eigenvalue weighted by molar-refractivity contribution is 7.92. The van der Waals surface area contributed by atoms with Crippen molar-refractivity contribution in [2.24, 2.45) is 0 Å². The number of rotatable bonds is 10. The van der Waals surface area contributed by atoms with Gasteiger partial charge in [-0.3, -0.25) is 13.9 Å². The minimum atomic E-state index is -4.74. The van der Waals surface area contributed by atoms with Crippen LogP contribution in [0.3, 0.4) is 0 Å². The normalized spacial score (nSPS) is 12.6. The van der Waals surface area contributed by atoms with E-state index in [1.54, 1.807) is 45.0 Å². The lowest BCUT2D eigenvalue weighted by Crippen LogP contribution is -2.52. The first kappa shape index (κ1) is 31.7. The molecule has 0 fully saturated rings. The maximum atomic E-state index is 13.9. The lowest BCUT2D eigenvalue weighted by molar-refractivity contribution is -0.139. The van der Waals surface area contributed by atoms with Gasteiger partial charge in [0.05, 0.1) is 16.1 Å². The SMILES string of the molecule is Cc1ccc(CN(C(=O)CN(c2cccc(C(F)(F)F)c2)S(=O)(=O)c2ccc(C)cc2)[C@@H](C)C(=O)NC(C)C)cc1. The van der Waals surface area contributed by atoms with Crippen molar-refractivity contribution in [1.29, 1.82) is 0 Å². The van der Waals surface area contributed by atoms with Gasteiger partial charge in [-0.2, -0.15) is 13.2 Å². The molecule has 2 amide bonds. The maximum Gasteiger partial charge on any atom is 0.416 e. The molecule has 220 valence electrons. The Kier molecular flexibility index (Phi) is 9.85. The summed E-state index contributed by atoms with van der Waals surface area (Å²) in [6, 6.07) is 15.6. The molecular formula is C30H34F3N3O4S. The zero-order valence-corrected chi connectivity index (χ0v) is 24.4. The molecule has 0 saturated carbocycles. The highest BCUT2D eigenvalue weighted by atomic mass is 32.2. The van der Waals surface area contributed by atoms with Crippen LogP contribution in [0, 0.1) is 13.8 Å². The number of carbonyl (C=O) groups excluding carboxylic acids is 2. The summed E-state index contributed by atoms with van der Waals surface area (Å²) < 4.78 is 69.0. The Balaban J connectivity index is 2.09. The van der Waals surface area contributed by atoms with Gasteiger partial charge in [0.2, 0.25) is 11.8 Å². The molecule has 0 unspecified atom stereocenters. The second-order valence-electron chi connectivity index (χ2n) is 10.2. The van der Waals surface area contributed by atoms with E-state index in [9.17, 15) is 31.2 Å². The number of nitrogens with zero attached hydrogens (tertiary/aromatic N) is 2. The van der Waals surface area contributed by atoms with Crippen LogP contribution in [0.5, 0.6) is 0 Å². The molecule has 0 aromatic heterocycles. The predicted molar refractivity (Wildman–Crippen MR) is 152 cm³/mol. The highest BCUT2D eigenvalue weighted by Crippen LogP contribution is 2.33. The Morgan fingerprint density at radius 2 is 1.44 bits per heavy atom. The van der Waals surface area contributed by atoms with Gasteiger partial charge in [-0.1, -0.05) is 53.6 Å². The number of anilines is 1. The molecule has 3 rings (SSSR count). The standard InChI is InChI=1S/C30H34F3N3O4S/c1-20(2)34-29(38)23(5)35(18-24-13-9-21(3)10-14-24)28(37)19-36(26-8-6-7-25(17-26)30(31,32)33)41(39,40)27-15-11-22(4)12-16-27/h6-17,20,23H,18-19H2,1-5H3,(H,34,38)/t23-/m0/s1. The van der Waals surface area contributed by atoms with E-state index >= 15 is 0 Å². The molecule has 11 heteroatoms. The minimum absolute atomic E-state index is 0.0210. The molecule has 0 heterocycles. The average molecular weight is 590 g/mol. The van der Waals surface area contributed by atoms with Crippen LogP contribution in [-0.2, 0) is 32.3 Å². The molecule has 0 spiro atoms. The van der Waals surface area contributed by atoms with Crippen LogP contribution in [0.15, 0.2) is 77.7 Å². The van der Waals surface area contributed by atoms with Gasteiger partial charge < -0.3 is 10.2 Å². The third-order valence-corrected chi connectivity index (χ3v) is 8.21. The first-order chi connectivity index (χ1) is 19.1. The summed E-state index contributed by atoms with van der Waals surface area (Å²) in [5, 5.41) is 2.75. The van der Waals surface area contributed by atoms with E-state index in [4.69, 9.17) is 0 Å². The molecule has 1 atom stereocenters. The second kappa shape index (κ2) is 12.8. The monoisotopic (exact) mass is 589 g/mol. The molecule has 0 aliphatic carbocycles. The molecule has 0 aliphatic rings. The van der Waals surface area contributed by atoms with Crippen molar-refractivity contribution in [1.82, 2.24) is 10.2 Å². The number of sulfonamides is 1. The largest absolute Gasteiger partial charge is 0.416 e. The van der Waals surface area contributed by atoms with Gasteiger partial charge >= 0.3 is 6.18 Å². The fourth-order valence-electron chi connectivity index (χ4n) is 4.08. The molecule has 0 radical (unpaired) electrons. The van der Waals surface area contributed by atoms with Crippen molar-refractivity contribution in [2.75, 3.05) is 10.8 Å². The number of nitrogens with one attached hydrogen (secondary N) is 1. The summed E-state index contributed by atoms with van der Waals surface area (Å²) in [6.07, 6.45) is -4.74. The summed E-state index contributed by atoms with van der Waals surface area (Å²) in [7, 11) is -4.49. The van der Waals surface area contributed by atoms with Crippen LogP contribution in [0.1, 0.15) is 43.0 Å². The van der Waals surface area contributed by atoms with Crippen molar-refractivity contribution in [3.05, 3.63) is 95.1 Å². The maximum absolute atomic E-state index is 13.9. The molecule has 41 heavy (non-hydrogen) atoms. The topological polar surface area (TPSA) is 86.8 Å². The van der Waals surface area contributed by atoms with Crippen molar-refractivity contribution in [3.8, 4) is 0 Å². The van der Waals surface area contributed by atoms with E-state index in [0.29, 0.717) is 15.9 Å². The molecule has 7 nitrogen and oxygen atoms in total. The fourth-order valence-corrected chi connectivity index (χ4v) is 5.49. The molecule has 1 N–H and O–H groups in total. The summed E-state index contributed by atoms with van der Waals surface area (Å²) in [4.78, 5) is 27.8. The number of alkyl halides is 3. The Labute approximate surface area is 239 Å². The molecule has 3 aromatic carbocycles. The van der Waals surface area contributed by atoms with Gasteiger partial charge in [0.1, 0.15) is 12.6 Å². The molecular weight excluding hydrogens is 555 g/mol. The minimum Gasteiger partial charge on any atom is -0.352 e. The zero-order chi connectivity index (χ0) is 30.5. The first-order valence-electron chi connectivity index (χ1n) is 13.0. The van der Waals surface area contributed by atoms with E-state index < -0.39 is 46.2 Å². The summed E-state index contributed by atoms with van der Waals surface area (Å²) in [6.45, 7) is 7.86. The molecule has 0 saturated heterocycles. The van der Waals surface area contributed by atoms with Crippen molar-refractivity contribution >= 4 is 27.5 Å². The van der Waals surface area contributed by atoms with E-state index in [-0.39, 0.29) is 23.2 Å². The quantitative estimate of drug-likeness (QED) is 0.340. The predicted octanol–water partition coefficient (Wildman–Crippen LogP) is 5.46. The van der Waals surface area contributed by atoms with Crippen molar-refractivity contribution in [2.45, 2.75) is 64.3 Å². The molecule has 0 bridgehead atoms. The highest BCUT2D eigenvalue weighted by Gasteiger charge is 2.35. The molecule has 3 aromatic rings. The van der Waals surface area contributed by atoms with Crippen LogP contribution in [-0.4, -0.2) is 43.8 Å². The van der Waals surface area contributed by atoms with Gasteiger partial charge in [0, 0.05) is 12.6 Å². The Morgan fingerprint density at radius 1 is 0.878 bits per heavy atom. The van der Waals surface area contributed by atoms with Crippen LogP contribution < -0.4 is 9.62 Å². The number of benzene rings is 3. The van der Waals surface area contributed by atoms with E-state index in [0.717, 1.165) is 23.3 Å². The van der Waals surface area contributed by atoms with Gasteiger partial charge in [0.25, 0.3) is 10.0 Å². The van der Waals surface area contributed by atoms with Crippen molar-refractivity contribution < 1.29 is 31.2 Å². The summed E-state index contributed by atoms with van der Waals surface area (Å²) >= 11 is 0. The third kappa shape index (κ3) is 8.09. The third-order valence-electron chi connectivity index (χ3n) is 6.42. The molecule has 0 aliphatic heterocycles. The number of carbonyl (C=O) groups is 2. The fraction of sp³-hybridized carbons (Fsp3) is 0.333. The Hall–Kier alpha value is -3.86. The van der Waals surface area contributed by atoms with Crippen molar-refractivity contribution in [3.63, 3.8) is 0 Å². The number of halogens is 3. The number of aryl methyl sites for hydroxylation is 2. The van der Waals surface area contributed by atoms with Gasteiger partial charge in [0.15, 0.2) is 0 Å². The van der Waals surface area contributed by atoms with Crippen LogP contribution in [0.4, 0.5) is 18.9 Å². The summed E-state index contributed by atoms with van der Waals surface area (Å²) in [5.74, 6) is -1.21. The van der Waals surface area contributed by atoms with E-state index in [1.807, 2.05) is 19.1 Å². The Bertz CT molecular complexity index is 1470. The Morgan fingerprint density at radius 3 is 1.98 bits per heavy atom. The first-order valence-corrected chi connectivity index (χ1v) is 14.5. The summed E-state index contributed by atoms with van der Waals surface area (Å²) in [5.41, 5.74) is 1.06. The lowest BCUT2D eigenvalue weighted by Gasteiger charge is -2.32. The van der Waals surface area contributed by atoms with Crippen LogP contribution >= 0.6 is 0 Å².